The maximum Gasteiger partial charge on any atom is 0.340 e. The maximum atomic E-state index is 13.1. The van der Waals surface area contributed by atoms with Gasteiger partial charge in [-0.1, -0.05) is 0 Å². The van der Waals surface area contributed by atoms with Crippen molar-refractivity contribution in [2.75, 3.05) is 7.11 Å². The first kappa shape index (κ1) is 11.0. The third-order valence-corrected chi connectivity index (χ3v) is 2.20. The fraction of sp³-hybridized carbons (Fsp3) is 0.125. The molecule has 0 saturated heterocycles. The molecule has 0 aliphatic heterocycles. The smallest absolute Gasteiger partial charge is 0.340 e. The fourth-order valence-corrected chi connectivity index (χ4v) is 1.23. The highest BCUT2D eigenvalue weighted by Gasteiger charge is 2.21. The number of methoxy groups -OCH3 is 1. The summed E-state index contributed by atoms with van der Waals surface area (Å²) < 4.78 is 42.0. The van der Waals surface area contributed by atoms with E-state index < -0.39 is 33.5 Å². The lowest BCUT2D eigenvalue weighted by molar-refractivity contribution is 0.0594. The minimum Gasteiger partial charge on any atom is -0.465 e. The van der Waals surface area contributed by atoms with Crippen LogP contribution in [0, 0.1) is 17.5 Å². The van der Waals surface area contributed by atoms with Gasteiger partial charge in [-0.05, 0) is 22.0 Å². The monoisotopic (exact) mass is 268 g/mol. The zero-order chi connectivity index (χ0) is 10.9. The van der Waals surface area contributed by atoms with Gasteiger partial charge in [0.2, 0.25) is 0 Å². The minimum absolute atomic E-state index is 0.446. The second-order valence-corrected chi connectivity index (χ2v) is 3.13. The van der Waals surface area contributed by atoms with Gasteiger partial charge in [0.15, 0.2) is 17.5 Å². The van der Waals surface area contributed by atoms with E-state index in [2.05, 4.69) is 20.7 Å². The second-order valence-electron chi connectivity index (χ2n) is 2.34. The van der Waals surface area contributed by atoms with Crippen molar-refractivity contribution < 1.29 is 22.7 Å². The van der Waals surface area contributed by atoms with Gasteiger partial charge in [0, 0.05) is 0 Å². The van der Waals surface area contributed by atoms with E-state index in [9.17, 15) is 18.0 Å². The van der Waals surface area contributed by atoms with Crippen LogP contribution < -0.4 is 0 Å². The molecule has 1 aromatic carbocycles. The molecule has 0 radical (unpaired) electrons. The molecule has 0 fully saturated rings. The molecule has 0 heterocycles. The number of carbonyl (C=O) groups excluding carboxylic acids is 1. The number of ether oxygens (including phenoxy) is 1. The molecule has 0 atom stereocenters. The Hall–Kier alpha value is -1.04. The van der Waals surface area contributed by atoms with Crippen LogP contribution in [-0.2, 0) is 4.74 Å². The predicted octanol–water partition coefficient (Wildman–Crippen LogP) is 2.65. The second kappa shape index (κ2) is 4.00. The zero-order valence-corrected chi connectivity index (χ0v) is 8.49. The molecule has 0 spiro atoms. The van der Waals surface area contributed by atoms with Crippen molar-refractivity contribution in [2.45, 2.75) is 0 Å². The summed E-state index contributed by atoms with van der Waals surface area (Å²) in [4.78, 5) is 10.9. The summed E-state index contributed by atoms with van der Waals surface area (Å²) in [6.45, 7) is 0. The summed E-state index contributed by atoms with van der Waals surface area (Å²) in [7, 11) is 1.01. The highest BCUT2D eigenvalue weighted by molar-refractivity contribution is 9.10. The Balaban J connectivity index is 3.40. The van der Waals surface area contributed by atoms with Crippen LogP contribution in [0.25, 0.3) is 0 Å². The number of esters is 1. The van der Waals surface area contributed by atoms with Crippen LogP contribution in [0.2, 0.25) is 0 Å². The summed E-state index contributed by atoms with van der Waals surface area (Å²) in [5, 5.41) is 0. The van der Waals surface area contributed by atoms with E-state index in [1.807, 2.05) is 0 Å². The van der Waals surface area contributed by atoms with Gasteiger partial charge < -0.3 is 4.74 Å². The third kappa shape index (κ3) is 1.75. The molecule has 0 saturated carbocycles. The first-order valence-electron chi connectivity index (χ1n) is 3.40. The van der Waals surface area contributed by atoms with Crippen LogP contribution >= 0.6 is 15.9 Å². The molecule has 1 aromatic rings. The molecular formula is C8H4BrF3O2. The first-order valence-corrected chi connectivity index (χ1v) is 4.19. The number of hydrogen-bond donors (Lipinski definition) is 0. The van der Waals surface area contributed by atoms with Crippen molar-refractivity contribution in [3.05, 3.63) is 33.6 Å². The Labute approximate surface area is 85.8 Å². The van der Waals surface area contributed by atoms with Gasteiger partial charge in [0.25, 0.3) is 0 Å². The molecule has 76 valence electrons. The largest absolute Gasteiger partial charge is 0.465 e. The van der Waals surface area contributed by atoms with Gasteiger partial charge in [0.1, 0.15) is 0 Å². The van der Waals surface area contributed by atoms with Gasteiger partial charge in [-0.15, -0.1) is 0 Å². The highest BCUT2D eigenvalue weighted by Crippen LogP contribution is 2.25. The van der Waals surface area contributed by atoms with Crippen molar-refractivity contribution >= 4 is 21.9 Å². The van der Waals surface area contributed by atoms with E-state index in [4.69, 9.17) is 0 Å². The molecule has 2 nitrogen and oxygen atoms in total. The molecule has 0 N–H and O–H groups in total. The quantitative estimate of drug-likeness (QED) is 0.445. The Kier molecular flexibility index (Phi) is 3.15. The van der Waals surface area contributed by atoms with E-state index in [0.29, 0.717) is 6.07 Å². The number of rotatable bonds is 1. The summed E-state index contributed by atoms with van der Waals surface area (Å²) in [5.41, 5.74) is -0.654. The summed E-state index contributed by atoms with van der Waals surface area (Å²) in [6.07, 6.45) is 0. The van der Waals surface area contributed by atoms with Gasteiger partial charge in [-0.3, -0.25) is 0 Å². The van der Waals surface area contributed by atoms with Crippen molar-refractivity contribution in [3.63, 3.8) is 0 Å². The van der Waals surface area contributed by atoms with Crippen LogP contribution in [0.3, 0.4) is 0 Å². The normalized spacial score (nSPS) is 10.1. The minimum atomic E-state index is -1.38. The van der Waals surface area contributed by atoms with Gasteiger partial charge in [0.05, 0.1) is 17.1 Å². The highest BCUT2D eigenvalue weighted by atomic mass is 79.9. The van der Waals surface area contributed by atoms with Crippen LogP contribution in [0.4, 0.5) is 13.2 Å². The predicted molar refractivity (Wildman–Crippen MR) is 45.4 cm³/mol. The van der Waals surface area contributed by atoms with E-state index in [1.54, 1.807) is 0 Å². The number of benzene rings is 1. The molecular weight excluding hydrogens is 265 g/mol. The zero-order valence-electron chi connectivity index (χ0n) is 6.91. The van der Waals surface area contributed by atoms with Crippen LogP contribution in [0.1, 0.15) is 10.4 Å². The number of halogens is 4. The van der Waals surface area contributed by atoms with Crippen molar-refractivity contribution in [1.29, 1.82) is 0 Å². The average molecular weight is 269 g/mol. The van der Waals surface area contributed by atoms with Crippen molar-refractivity contribution in [1.82, 2.24) is 0 Å². The molecule has 1 rings (SSSR count). The third-order valence-electron chi connectivity index (χ3n) is 1.51. The Morgan fingerprint density at radius 1 is 1.36 bits per heavy atom. The van der Waals surface area contributed by atoms with Crippen LogP contribution in [0.15, 0.2) is 10.5 Å². The van der Waals surface area contributed by atoms with Gasteiger partial charge in [-0.2, -0.15) is 0 Å². The molecule has 0 aliphatic rings. The van der Waals surface area contributed by atoms with E-state index in [-0.39, 0.29) is 0 Å². The summed E-state index contributed by atoms with van der Waals surface area (Å²) in [5.74, 6) is -4.95. The Bertz CT molecular complexity index is 393. The van der Waals surface area contributed by atoms with Crippen molar-refractivity contribution in [3.8, 4) is 0 Å². The van der Waals surface area contributed by atoms with E-state index in [1.165, 1.54) is 0 Å². The molecule has 0 unspecified atom stereocenters. The standard InChI is InChI=1S/C8H4BrF3O2/c1-14-8(13)3-2-4(10)7(12)5(9)6(3)11/h2H,1H3. The fourth-order valence-electron chi connectivity index (χ4n) is 0.831. The number of hydrogen-bond acceptors (Lipinski definition) is 2. The topological polar surface area (TPSA) is 26.3 Å². The van der Waals surface area contributed by atoms with Gasteiger partial charge >= 0.3 is 5.97 Å². The average Bonchev–Trinajstić information content (AvgIpc) is 2.19. The molecule has 0 aliphatic carbocycles. The molecule has 0 bridgehead atoms. The van der Waals surface area contributed by atoms with Crippen LogP contribution in [-0.4, -0.2) is 13.1 Å². The first-order chi connectivity index (χ1) is 6.49. The maximum absolute atomic E-state index is 13.1. The molecule has 6 heteroatoms. The van der Waals surface area contributed by atoms with Crippen molar-refractivity contribution in [2.24, 2.45) is 0 Å². The lowest BCUT2D eigenvalue weighted by Crippen LogP contribution is -2.07. The van der Waals surface area contributed by atoms with Crippen LogP contribution in [0.5, 0.6) is 0 Å². The Morgan fingerprint density at radius 2 is 1.93 bits per heavy atom. The lowest BCUT2D eigenvalue weighted by atomic mass is 10.2. The lowest BCUT2D eigenvalue weighted by Gasteiger charge is -2.04. The van der Waals surface area contributed by atoms with Gasteiger partial charge in [-0.25, -0.2) is 18.0 Å². The number of carbonyl (C=O) groups is 1. The summed E-state index contributed by atoms with van der Waals surface area (Å²) in [6, 6.07) is 0.446. The Morgan fingerprint density at radius 3 is 2.43 bits per heavy atom. The van der Waals surface area contributed by atoms with E-state index in [0.717, 1.165) is 7.11 Å². The summed E-state index contributed by atoms with van der Waals surface area (Å²) >= 11 is 2.48. The van der Waals surface area contributed by atoms with E-state index >= 15 is 0 Å². The molecule has 0 amide bonds. The molecule has 0 aromatic heterocycles. The SMILES string of the molecule is COC(=O)c1cc(F)c(F)c(Br)c1F. The molecule has 14 heavy (non-hydrogen) atoms.